The van der Waals surface area contributed by atoms with Gasteiger partial charge in [0.15, 0.2) is 0 Å². The molecule has 1 aromatic carbocycles. The smallest absolute Gasteiger partial charge is 0.341 e. The number of carboxylic acids is 1. The molecule has 1 aliphatic rings. The second kappa shape index (κ2) is 3.57. The molecule has 1 aromatic heterocycles. The summed E-state index contributed by atoms with van der Waals surface area (Å²) in [5.41, 5.74) is 1.15. The van der Waals surface area contributed by atoms with Crippen molar-refractivity contribution in [3.63, 3.8) is 0 Å². The molecule has 0 saturated heterocycles. The van der Waals surface area contributed by atoms with Gasteiger partial charge >= 0.3 is 5.97 Å². The van der Waals surface area contributed by atoms with Crippen LogP contribution in [0.25, 0.3) is 17.0 Å². The minimum Gasteiger partial charge on any atom is -0.477 e. The van der Waals surface area contributed by atoms with Crippen molar-refractivity contribution < 1.29 is 9.90 Å². The maximum Gasteiger partial charge on any atom is 0.341 e. The number of allylic oxidation sites excluding steroid dienone is 1. The lowest BCUT2D eigenvalue weighted by atomic mass is 10.0. The van der Waals surface area contributed by atoms with Gasteiger partial charge in [-0.25, -0.2) is 4.79 Å². The molecule has 18 heavy (non-hydrogen) atoms. The molecule has 4 heteroatoms. The fourth-order valence-electron chi connectivity index (χ4n) is 2.38. The zero-order valence-corrected chi connectivity index (χ0v) is 9.75. The van der Waals surface area contributed by atoms with Crippen LogP contribution in [-0.4, -0.2) is 15.6 Å². The van der Waals surface area contributed by atoms with E-state index in [9.17, 15) is 9.59 Å². The van der Waals surface area contributed by atoms with Crippen LogP contribution >= 0.6 is 0 Å². The first-order valence-corrected chi connectivity index (χ1v) is 5.69. The number of nitrogens with zero attached hydrogens (tertiary/aromatic N) is 1. The lowest BCUT2D eigenvalue weighted by Crippen LogP contribution is -2.21. The van der Waals surface area contributed by atoms with Gasteiger partial charge in [0.2, 0.25) is 5.43 Å². The summed E-state index contributed by atoms with van der Waals surface area (Å²) in [6.45, 7) is 1.96. The van der Waals surface area contributed by atoms with Gasteiger partial charge < -0.3 is 9.67 Å². The maximum absolute atomic E-state index is 12.1. The van der Waals surface area contributed by atoms with E-state index in [1.165, 1.54) is 6.20 Å². The number of aromatic carboxylic acids is 1. The topological polar surface area (TPSA) is 59.3 Å². The predicted molar refractivity (Wildman–Crippen MR) is 68.9 cm³/mol. The first-order chi connectivity index (χ1) is 8.59. The van der Waals surface area contributed by atoms with Gasteiger partial charge in [0.05, 0.1) is 5.52 Å². The normalized spacial score (nSPS) is 17.1. The number of para-hydroxylation sites is 1. The van der Waals surface area contributed by atoms with Crippen LogP contribution < -0.4 is 5.43 Å². The molecule has 1 unspecified atom stereocenters. The number of benzene rings is 1. The zero-order valence-electron chi connectivity index (χ0n) is 9.75. The van der Waals surface area contributed by atoms with Crippen molar-refractivity contribution >= 4 is 22.9 Å². The van der Waals surface area contributed by atoms with Gasteiger partial charge in [-0.3, -0.25) is 4.79 Å². The van der Waals surface area contributed by atoms with E-state index >= 15 is 0 Å². The molecule has 3 rings (SSSR count). The number of pyridine rings is 1. The molecule has 0 amide bonds. The van der Waals surface area contributed by atoms with E-state index in [0.717, 1.165) is 11.1 Å². The molecule has 1 atom stereocenters. The largest absolute Gasteiger partial charge is 0.477 e. The lowest BCUT2D eigenvalue weighted by molar-refractivity contribution is 0.0695. The van der Waals surface area contributed by atoms with Crippen molar-refractivity contribution in [3.05, 3.63) is 51.8 Å². The summed E-state index contributed by atoms with van der Waals surface area (Å²) in [5, 5.41) is 9.55. The Bertz CT molecular complexity index is 755. The van der Waals surface area contributed by atoms with Crippen LogP contribution in [0.15, 0.2) is 35.3 Å². The number of carbonyl (C=O) groups is 1. The van der Waals surface area contributed by atoms with Gasteiger partial charge in [-0.2, -0.15) is 0 Å². The Hall–Kier alpha value is -2.36. The van der Waals surface area contributed by atoms with E-state index in [1.807, 2.05) is 29.7 Å². The number of rotatable bonds is 1. The Kier molecular flexibility index (Phi) is 2.13. The van der Waals surface area contributed by atoms with Gasteiger partial charge in [0.25, 0.3) is 0 Å². The summed E-state index contributed by atoms with van der Waals surface area (Å²) in [6, 6.07) is 5.41. The third-order valence-corrected chi connectivity index (χ3v) is 3.31. The number of hydrogen-bond donors (Lipinski definition) is 1. The second-order valence-electron chi connectivity index (χ2n) is 4.43. The van der Waals surface area contributed by atoms with E-state index < -0.39 is 11.4 Å². The van der Waals surface area contributed by atoms with Crippen molar-refractivity contribution in [1.29, 1.82) is 0 Å². The molecule has 0 radical (unpaired) electrons. The quantitative estimate of drug-likeness (QED) is 0.833. The van der Waals surface area contributed by atoms with Crippen LogP contribution in [-0.2, 0) is 0 Å². The molecule has 90 valence electrons. The number of aromatic nitrogens is 1. The van der Waals surface area contributed by atoms with Crippen molar-refractivity contribution in [3.8, 4) is 0 Å². The fraction of sp³-hybridized carbons (Fsp3) is 0.143. The van der Waals surface area contributed by atoms with Gasteiger partial charge in [-0.1, -0.05) is 24.3 Å². The summed E-state index contributed by atoms with van der Waals surface area (Å²) in [6.07, 6.45) is 5.38. The summed E-state index contributed by atoms with van der Waals surface area (Å²) in [5.74, 6) is -1.18. The highest BCUT2D eigenvalue weighted by molar-refractivity contribution is 5.95. The van der Waals surface area contributed by atoms with Gasteiger partial charge in [0.1, 0.15) is 5.56 Å². The predicted octanol–water partition coefficient (Wildman–Crippen LogP) is 2.29. The molecule has 2 heterocycles. The Labute approximate surface area is 103 Å². The Morgan fingerprint density at radius 2 is 2.17 bits per heavy atom. The van der Waals surface area contributed by atoms with Gasteiger partial charge in [0, 0.05) is 17.6 Å². The molecule has 0 spiro atoms. The highest BCUT2D eigenvalue weighted by Gasteiger charge is 2.19. The maximum atomic E-state index is 12.1. The summed E-state index contributed by atoms with van der Waals surface area (Å²) < 4.78 is 1.84. The van der Waals surface area contributed by atoms with Gasteiger partial charge in [-0.15, -0.1) is 0 Å². The molecule has 0 bridgehead atoms. The monoisotopic (exact) mass is 241 g/mol. The Morgan fingerprint density at radius 3 is 2.89 bits per heavy atom. The van der Waals surface area contributed by atoms with Crippen LogP contribution in [0.2, 0.25) is 0 Å². The van der Waals surface area contributed by atoms with E-state index in [0.29, 0.717) is 5.39 Å². The van der Waals surface area contributed by atoms with E-state index in [-0.39, 0.29) is 11.6 Å². The van der Waals surface area contributed by atoms with Gasteiger partial charge in [-0.05, 0) is 18.6 Å². The summed E-state index contributed by atoms with van der Waals surface area (Å²) in [7, 11) is 0. The lowest BCUT2D eigenvalue weighted by Gasteiger charge is -2.21. The second-order valence-corrected chi connectivity index (χ2v) is 4.43. The third kappa shape index (κ3) is 1.32. The summed E-state index contributed by atoms with van der Waals surface area (Å²) in [4.78, 5) is 23.2. The van der Waals surface area contributed by atoms with E-state index in [1.54, 1.807) is 12.1 Å². The molecular formula is C14H11NO3. The molecule has 1 aliphatic heterocycles. The molecular weight excluding hydrogens is 230 g/mol. The van der Waals surface area contributed by atoms with Crippen LogP contribution in [0, 0.1) is 0 Å². The molecule has 4 nitrogen and oxygen atoms in total. The van der Waals surface area contributed by atoms with Crippen molar-refractivity contribution in [2.24, 2.45) is 0 Å². The first kappa shape index (κ1) is 10.8. The van der Waals surface area contributed by atoms with Crippen LogP contribution in [0.4, 0.5) is 0 Å². The van der Waals surface area contributed by atoms with E-state index in [4.69, 9.17) is 5.11 Å². The highest BCUT2D eigenvalue weighted by Crippen LogP contribution is 2.27. The molecule has 0 fully saturated rings. The first-order valence-electron chi connectivity index (χ1n) is 5.69. The van der Waals surface area contributed by atoms with Crippen LogP contribution in [0.5, 0.6) is 0 Å². The zero-order chi connectivity index (χ0) is 12.9. The van der Waals surface area contributed by atoms with Crippen molar-refractivity contribution in [2.45, 2.75) is 13.0 Å². The summed E-state index contributed by atoms with van der Waals surface area (Å²) >= 11 is 0. The highest BCUT2D eigenvalue weighted by atomic mass is 16.4. The molecule has 2 aromatic rings. The fourth-order valence-corrected chi connectivity index (χ4v) is 2.38. The van der Waals surface area contributed by atoms with Crippen LogP contribution in [0.1, 0.15) is 28.9 Å². The minimum atomic E-state index is -1.18. The average Bonchev–Trinajstić information content (AvgIpc) is 2.35. The average molecular weight is 241 g/mol. The van der Waals surface area contributed by atoms with Crippen molar-refractivity contribution in [1.82, 2.24) is 4.57 Å². The standard InChI is InChI=1S/C14H11NO3/c1-8-5-6-9-3-2-4-10-12(9)15(8)7-11(13(10)16)14(17)18/h2-8H,1H3,(H,17,18). The molecule has 0 saturated carbocycles. The van der Waals surface area contributed by atoms with Crippen molar-refractivity contribution in [2.75, 3.05) is 0 Å². The number of hydrogen-bond acceptors (Lipinski definition) is 2. The van der Waals surface area contributed by atoms with Crippen LogP contribution in [0.3, 0.4) is 0 Å². The SMILES string of the molecule is CC1C=Cc2cccc3c(=O)c(C(=O)O)cn1c23. The third-order valence-electron chi connectivity index (χ3n) is 3.31. The minimum absolute atomic E-state index is 0.0427. The number of carboxylic acid groups (broad SMARTS) is 1. The Morgan fingerprint density at radius 1 is 1.39 bits per heavy atom. The molecule has 0 aliphatic carbocycles. The molecule has 1 N–H and O–H groups in total. The Balaban J connectivity index is 2.55. The van der Waals surface area contributed by atoms with E-state index in [2.05, 4.69) is 0 Å².